The van der Waals surface area contributed by atoms with Gasteiger partial charge in [0.25, 0.3) is 5.91 Å². The van der Waals surface area contributed by atoms with E-state index in [9.17, 15) is 22.0 Å². The number of aromatic amines is 1. The molecule has 6 rings (SSSR count). The van der Waals surface area contributed by atoms with Gasteiger partial charge in [-0.1, -0.05) is 6.07 Å². The molecule has 3 aromatic heterocycles. The number of pyridine rings is 1. The first-order valence-corrected chi connectivity index (χ1v) is 14.9. The Balaban J connectivity index is 1.60. The van der Waals surface area contributed by atoms with Crippen LogP contribution in [0.1, 0.15) is 17.3 Å². The first kappa shape index (κ1) is 27.9. The molecular formula is C31H25F2N5O4S. The average molecular weight is 602 g/mol. The van der Waals surface area contributed by atoms with Crippen LogP contribution in [0.2, 0.25) is 0 Å². The van der Waals surface area contributed by atoms with Crippen LogP contribution in [0.3, 0.4) is 0 Å². The van der Waals surface area contributed by atoms with Gasteiger partial charge in [-0.15, -0.1) is 0 Å². The van der Waals surface area contributed by atoms with Crippen molar-refractivity contribution >= 4 is 49.2 Å². The summed E-state index contributed by atoms with van der Waals surface area (Å²) in [6.07, 6.45) is 0. The normalized spacial score (nSPS) is 11.7. The lowest BCUT2D eigenvalue weighted by Crippen LogP contribution is -2.18. The standard InChI is InChI=1S/C31H25F2N5O4S/c1-3-43(40,41)38-25-15-27-20(28(31(39)35-2)30(42-27)16-7-9-17(32)10-8-16)13-19(25)24-12-11-22(34)29(37-24)26-14-18-21(33)5-4-6-23(18)36-26/h4-15,36,38H,3,34H2,1-2H3,(H,35,39). The Kier molecular flexibility index (Phi) is 6.85. The second-order valence-electron chi connectivity index (χ2n) is 9.81. The van der Waals surface area contributed by atoms with E-state index in [4.69, 9.17) is 15.1 Å². The van der Waals surface area contributed by atoms with Crippen molar-refractivity contribution in [1.82, 2.24) is 15.3 Å². The summed E-state index contributed by atoms with van der Waals surface area (Å²) >= 11 is 0. The molecule has 0 atom stereocenters. The van der Waals surface area contributed by atoms with Gasteiger partial charge in [-0.05, 0) is 67.6 Å². The molecule has 9 nitrogen and oxygen atoms in total. The molecule has 1 amide bonds. The van der Waals surface area contributed by atoms with Gasteiger partial charge in [0.15, 0.2) is 0 Å². The Hall–Kier alpha value is -5.23. The number of nitrogens with one attached hydrogen (secondary N) is 3. The summed E-state index contributed by atoms with van der Waals surface area (Å²) in [6.45, 7) is 1.50. The van der Waals surface area contributed by atoms with Gasteiger partial charge in [-0.2, -0.15) is 0 Å². The van der Waals surface area contributed by atoms with E-state index in [0.29, 0.717) is 50.2 Å². The van der Waals surface area contributed by atoms with Crippen molar-refractivity contribution in [2.75, 3.05) is 23.3 Å². The van der Waals surface area contributed by atoms with Crippen LogP contribution in [0.25, 0.3) is 55.8 Å². The van der Waals surface area contributed by atoms with E-state index >= 15 is 0 Å². The Morgan fingerprint density at radius 3 is 2.49 bits per heavy atom. The fraction of sp³-hybridized carbons (Fsp3) is 0.0968. The van der Waals surface area contributed by atoms with E-state index < -0.39 is 27.6 Å². The molecule has 0 aliphatic heterocycles. The lowest BCUT2D eigenvalue weighted by atomic mass is 10.0. The summed E-state index contributed by atoms with van der Waals surface area (Å²) in [7, 11) is -2.29. The molecule has 12 heteroatoms. The maximum Gasteiger partial charge on any atom is 0.255 e. The molecule has 3 aromatic carbocycles. The van der Waals surface area contributed by atoms with E-state index in [2.05, 4.69) is 15.0 Å². The molecule has 0 aliphatic rings. The van der Waals surface area contributed by atoms with Gasteiger partial charge >= 0.3 is 0 Å². The summed E-state index contributed by atoms with van der Waals surface area (Å²) in [6, 6.07) is 18.0. The molecule has 0 radical (unpaired) electrons. The molecule has 3 heterocycles. The number of carbonyl (C=O) groups is 1. The minimum Gasteiger partial charge on any atom is -0.455 e. The molecule has 0 spiro atoms. The zero-order valence-electron chi connectivity index (χ0n) is 23.0. The third-order valence-electron chi connectivity index (χ3n) is 7.10. The third-order valence-corrected chi connectivity index (χ3v) is 8.39. The number of halogens is 2. The Labute approximate surface area is 244 Å². The smallest absolute Gasteiger partial charge is 0.255 e. The highest BCUT2D eigenvalue weighted by Gasteiger charge is 2.25. The van der Waals surface area contributed by atoms with Crippen LogP contribution in [0.15, 0.2) is 77.2 Å². The number of hydrogen-bond donors (Lipinski definition) is 4. The molecule has 0 fully saturated rings. The zero-order valence-corrected chi connectivity index (χ0v) is 23.8. The van der Waals surface area contributed by atoms with E-state index in [-0.39, 0.29) is 28.3 Å². The summed E-state index contributed by atoms with van der Waals surface area (Å²) in [5.41, 5.74) is 9.60. The molecule has 0 saturated heterocycles. The Bertz CT molecular complexity index is 2160. The largest absolute Gasteiger partial charge is 0.455 e. The highest BCUT2D eigenvalue weighted by Crippen LogP contribution is 2.41. The van der Waals surface area contributed by atoms with E-state index in [0.717, 1.165) is 0 Å². The zero-order chi connectivity index (χ0) is 30.5. The number of aromatic nitrogens is 2. The number of hydrogen-bond acceptors (Lipinski definition) is 6. The van der Waals surface area contributed by atoms with Crippen molar-refractivity contribution in [2.45, 2.75) is 6.92 Å². The molecule has 5 N–H and O–H groups in total. The van der Waals surface area contributed by atoms with Gasteiger partial charge in [0.2, 0.25) is 10.0 Å². The highest BCUT2D eigenvalue weighted by molar-refractivity contribution is 7.92. The number of benzene rings is 3. The van der Waals surface area contributed by atoms with E-state index in [1.807, 2.05) is 0 Å². The topological polar surface area (TPSA) is 143 Å². The quantitative estimate of drug-likeness (QED) is 0.169. The number of nitrogens with zero attached hydrogens (tertiary/aromatic N) is 1. The minimum atomic E-state index is -3.76. The minimum absolute atomic E-state index is 0.156. The van der Waals surface area contributed by atoms with Crippen LogP contribution in [-0.4, -0.2) is 37.1 Å². The number of amides is 1. The molecule has 218 valence electrons. The van der Waals surface area contributed by atoms with Crippen LogP contribution >= 0.6 is 0 Å². The van der Waals surface area contributed by atoms with Crippen molar-refractivity contribution in [3.8, 4) is 34.0 Å². The Morgan fingerprint density at radius 1 is 1.02 bits per heavy atom. The molecule has 0 unspecified atom stereocenters. The van der Waals surface area contributed by atoms with Crippen molar-refractivity contribution in [1.29, 1.82) is 0 Å². The lowest BCUT2D eigenvalue weighted by Gasteiger charge is -2.14. The van der Waals surface area contributed by atoms with Gasteiger partial charge in [0, 0.05) is 40.5 Å². The molecule has 0 aliphatic carbocycles. The fourth-order valence-electron chi connectivity index (χ4n) is 4.92. The van der Waals surface area contributed by atoms with Gasteiger partial charge in [0.1, 0.15) is 28.7 Å². The number of fused-ring (bicyclic) bond motifs is 2. The summed E-state index contributed by atoms with van der Waals surface area (Å²) in [4.78, 5) is 21.0. The lowest BCUT2D eigenvalue weighted by molar-refractivity contribution is 0.0964. The number of anilines is 2. The third kappa shape index (κ3) is 5.06. The molecule has 43 heavy (non-hydrogen) atoms. The van der Waals surface area contributed by atoms with Gasteiger partial charge in [-0.3, -0.25) is 9.52 Å². The maximum atomic E-state index is 14.4. The van der Waals surface area contributed by atoms with Gasteiger partial charge < -0.3 is 20.5 Å². The predicted octanol–water partition coefficient (Wildman–Crippen LogP) is 6.29. The van der Waals surface area contributed by atoms with Crippen LogP contribution < -0.4 is 15.8 Å². The maximum absolute atomic E-state index is 14.4. The van der Waals surface area contributed by atoms with Gasteiger partial charge in [-0.25, -0.2) is 22.2 Å². The number of sulfonamides is 1. The van der Waals surface area contributed by atoms with Crippen LogP contribution in [-0.2, 0) is 10.0 Å². The summed E-state index contributed by atoms with van der Waals surface area (Å²) in [5, 5.41) is 3.35. The molecule has 0 saturated carbocycles. The monoisotopic (exact) mass is 601 g/mol. The van der Waals surface area contributed by atoms with Crippen molar-refractivity contribution in [2.24, 2.45) is 0 Å². The first-order chi connectivity index (χ1) is 20.6. The fourth-order valence-corrected chi connectivity index (χ4v) is 5.56. The van der Waals surface area contributed by atoms with Gasteiger partial charge in [0.05, 0.1) is 34.1 Å². The van der Waals surface area contributed by atoms with Crippen molar-refractivity contribution in [3.63, 3.8) is 0 Å². The predicted molar refractivity (Wildman–Crippen MR) is 163 cm³/mol. The van der Waals surface area contributed by atoms with E-state index in [1.165, 1.54) is 50.4 Å². The van der Waals surface area contributed by atoms with E-state index in [1.54, 1.807) is 36.4 Å². The van der Waals surface area contributed by atoms with Crippen LogP contribution in [0.4, 0.5) is 20.2 Å². The number of nitrogens with two attached hydrogens (primary N) is 1. The summed E-state index contributed by atoms with van der Waals surface area (Å²) in [5.74, 6) is -1.34. The second-order valence-corrected chi connectivity index (χ2v) is 11.8. The summed E-state index contributed by atoms with van der Waals surface area (Å²) < 4.78 is 62.2. The van der Waals surface area contributed by atoms with Crippen molar-refractivity contribution < 1.29 is 26.4 Å². The highest BCUT2D eigenvalue weighted by atomic mass is 32.2. The Morgan fingerprint density at radius 2 is 1.79 bits per heavy atom. The SMILES string of the molecule is CCS(=O)(=O)Nc1cc2oc(-c3ccc(F)cc3)c(C(=O)NC)c2cc1-c1ccc(N)c(-c2cc3c(F)cccc3[nH]2)n1. The average Bonchev–Trinajstić information content (AvgIpc) is 3.59. The van der Waals surface area contributed by atoms with Crippen molar-refractivity contribution in [3.05, 3.63) is 90.0 Å². The number of furan rings is 1. The number of rotatable bonds is 7. The second kappa shape index (κ2) is 10.6. The first-order valence-electron chi connectivity index (χ1n) is 13.2. The molecule has 6 aromatic rings. The molecular weight excluding hydrogens is 576 g/mol. The number of carbonyl (C=O) groups excluding carboxylic acids is 1. The molecule has 0 bridgehead atoms. The van der Waals surface area contributed by atoms with Crippen LogP contribution in [0, 0.1) is 11.6 Å². The number of H-pyrrole nitrogens is 1. The number of nitrogen functional groups attached to an aromatic ring is 1. The van der Waals surface area contributed by atoms with Crippen LogP contribution in [0.5, 0.6) is 0 Å².